The maximum absolute atomic E-state index is 13.8. The smallest absolute Gasteiger partial charge is 0.273 e. The Bertz CT molecular complexity index is 1310. The molecule has 34 heavy (non-hydrogen) atoms. The number of rotatable bonds is 7. The first kappa shape index (κ1) is 22.0. The number of nitrogens with zero attached hydrogens (tertiary/aromatic N) is 3. The lowest BCUT2D eigenvalue weighted by Crippen LogP contribution is -2.32. The monoisotopic (exact) mass is 451 g/mol. The molecule has 1 aliphatic heterocycles. The van der Waals surface area contributed by atoms with Gasteiger partial charge in [-0.2, -0.15) is 5.10 Å². The Morgan fingerprint density at radius 1 is 0.971 bits per heavy atom. The van der Waals surface area contributed by atoms with Gasteiger partial charge in [0, 0.05) is 24.7 Å². The third-order valence-electron chi connectivity index (χ3n) is 6.43. The topological polar surface area (TPSA) is 47.4 Å². The first-order chi connectivity index (χ1) is 16.6. The summed E-state index contributed by atoms with van der Waals surface area (Å²) < 4.78 is 7.54. The summed E-state index contributed by atoms with van der Waals surface area (Å²) in [6.07, 6.45) is 0.787. The molecule has 3 aromatic carbocycles. The summed E-state index contributed by atoms with van der Waals surface area (Å²) in [6.45, 7) is 5.27. The predicted octanol–water partition coefficient (Wildman–Crippen LogP) is 5.58. The van der Waals surface area contributed by atoms with Gasteiger partial charge >= 0.3 is 0 Å². The molecule has 0 radical (unpaired) electrons. The molecule has 172 valence electrons. The lowest BCUT2D eigenvalue weighted by atomic mass is 9.95. The van der Waals surface area contributed by atoms with Crippen LogP contribution in [-0.2, 0) is 13.5 Å². The van der Waals surface area contributed by atoms with Gasteiger partial charge in [-0.15, -0.1) is 0 Å². The van der Waals surface area contributed by atoms with Gasteiger partial charge in [0.25, 0.3) is 5.91 Å². The van der Waals surface area contributed by atoms with Crippen molar-refractivity contribution in [3.8, 4) is 17.0 Å². The van der Waals surface area contributed by atoms with Crippen molar-refractivity contribution in [3.63, 3.8) is 0 Å². The van der Waals surface area contributed by atoms with Crippen LogP contribution in [0.15, 0.2) is 78.9 Å². The van der Waals surface area contributed by atoms with Crippen LogP contribution in [-0.4, -0.2) is 33.7 Å². The molecule has 0 aliphatic carbocycles. The van der Waals surface area contributed by atoms with Crippen molar-refractivity contribution in [3.05, 3.63) is 107 Å². The molecule has 0 fully saturated rings. The number of carbonyl (C=O) groups excluding carboxylic acids is 1. The molecule has 1 amide bonds. The van der Waals surface area contributed by atoms with Gasteiger partial charge in [0.15, 0.2) is 0 Å². The van der Waals surface area contributed by atoms with Crippen LogP contribution in [0, 0.1) is 6.92 Å². The molecule has 5 nitrogen and oxygen atoms in total. The van der Waals surface area contributed by atoms with E-state index in [-0.39, 0.29) is 11.9 Å². The molecule has 4 aromatic rings. The molecule has 1 aromatic heterocycles. The van der Waals surface area contributed by atoms with Crippen molar-refractivity contribution in [2.45, 2.75) is 26.3 Å². The second kappa shape index (κ2) is 9.18. The molecule has 0 unspecified atom stereocenters. The van der Waals surface area contributed by atoms with Crippen molar-refractivity contribution in [1.82, 2.24) is 14.7 Å². The zero-order valence-corrected chi connectivity index (χ0v) is 19.9. The summed E-state index contributed by atoms with van der Waals surface area (Å²) in [5.74, 6) is 0.829. The van der Waals surface area contributed by atoms with E-state index >= 15 is 0 Å². The highest BCUT2D eigenvalue weighted by Crippen LogP contribution is 2.44. The molecule has 2 heterocycles. The van der Waals surface area contributed by atoms with Crippen molar-refractivity contribution >= 4 is 5.91 Å². The molecular formula is C29H29N3O2. The Morgan fingerprint density at radius 3 is 2.47 bits per heavy atom. The van der Waals surface area contributed by atoms with E-state index in [0.29, 0.717) is 18.8 Å². The third kappa shape index (κ3) is 3.98. The summed E-state index contributed by atoms with van der Waals surface area (Å²) in [7, 11) is 1.86. The lowest BCUT2D eigenvalue weighted by molar-refractivity contribution is 0.0741. The second-order valence-electron chi connectivity index (χ2n) is 8.74. The predicted molar refractivity (Wildman–Crippen MR) is 134 cm³/mol. The molecule has 0 N–H and O–H groups in total. The number of benzene rings is 3. The molecule has 0 spiro atoms. The fourth-order valence-corrected chi connectivity index (χ4v) is 4.80. The Balaban J connectivity index is 1.62. The van der Waals surface area contributed by atoms with Crippen LogP contribution in [0.1, 0.15) is 45.7 Å². The number of amides is 1. The van der Waals surface area contributed by atoms with E-state index in [1.54, 1.807) is 4.68 Å². The Kier molecular flexibility index (Phi) is 5.93. The largest absolute Gasteiger partial charge is 0.494 e. The van der Waals surface area contributed by atoms with Gasteiger partial charge < -0.3 is 9.64 Å². The summed E-state index contributed by atoms with van der Waals surface area (Å²) in [4.78, 5) is 15.8. The quantitative estimate of drug-likeness (QED) is 0.368. The van der Waals surface area contributed by atoms with Crippen molar-refractivity contribution in [2.75, 3.05) is 13.2 Å². The van der Waals surface area contributed by atoms with Crippen molar-refractivity contribution in [2.24, 2.45) is 7.05 Å². The van der Waals surface area contributed by atoms with Gasteiger partial charge in [0.05, 0.1) is 18.3 Å². The standard InChI is InChI=1S/C29H29N3O2/c1-4-34-24-12-8-11-23(19-24)27-25-26(22-15-13-20(2)14-16-22)30-31(3)28(25)29(33)32(27)18-17-21-9-6-5-7-10-21/h5-16,19,27H,4,17-18H2,1-3H3/t27-/m1/s1. The van der Waals surface area contributed by atoms with Gasteiger partial charge in [-0.3, -0.25) is 9.48 Å². The number of hydrogen-bond donors (Lipinski definition) is 0. The van der Waals surface area contributed by atoms with Crippen LogP contribution >= 0.6 is 0 Å². The molecule has 0 saturated carbocycles. The van der Waals surface area contributed by atoms with Crippen molar-refractivity contribution < 1.29 is 9.53 Å². The average Bonchev–Trinajstić information content (AvgIpc) is 3.34. The number of aromatic nitrogens is 2. The van der Waals surface area contributed by atoms with E-state index in [4.69, 9.17) is 9.84 Å². The fraction of sp³-hybridized carbons (Fsp3) is 0.241. The van der Waals surface area contributed by atoms with Gasteiger partial charge in [-0.25, -0.2) is 0 Å². The van der Waals surface area contributed by atoms with Gasteiger partial charge in [0.2, 0.25) is 0 Å². The van der Waals surface area contributed by atoms with Crippen molar-refractivity contribution in [1.29, 1.82) is 0 Å². The van der Waals surface area contributed by atoms with E-state index in [0.717, 1.165) is 34.6 Å². The zero-order valence-electron chi connectivity index (χ0n) is 19.9. The maximum atomic E-state index is 13.8. The normalized spacial score (nSPS) is 15.0. The maximum Gasteiger partial charge on any atom is 0.273 e. The van der Waals surface area contributed by atoms with E-state index in [2.05, 4.69) is 55.5 Å². The van der Waals surface area contributed by atoms with Crippen LogP contribution in [0.4, 0.5) is 0 Å². The SMILES string of the molecule is CCOc1cccc([C@@H]2c3c(-c4ccc(C)cc4)nn(C)c3C(=O)N2CCc2ccccc2)c1. The van der Waals surface area contributed by atoms with E-state index in [1.165, 1.54) is 11.1 Å². The summed E-state index contributed by atoms with van der Waals surface area (Å²) in [5.41, 5.74) is 6.95. The van der Waals surface area contributed by atoms with Crippen LogP contribution < -0.4 is 4.74 Å². The highest BCUT2D eigenvalue weighted by atomic mass is 16.5. The van der Waals surface area contributed by atoms with E-state index < -0.39 is 0 Å². The molecule has 1 atom stereocenters. The molecule has 0 bridgehead atoms. The number of aryl methyl sites for hydroxylation is 2. The zero-order chi connectivity index (χ0) is 23.7. The minimum Gasteiger partial charge on any atom is -0.494 e. The molecule has 1 aliphatic rings. The van der Waals surface area contributed by atoms with E-state index in [9.17, 15) is 4.79 Å². The fourth-order valence-electron chi connectivity index (χ4n) is 4.80. The van der Waals surface area contributed by atoms with Crippen LogP contribution in [0.5, 0.6) is 5.75 Å². The van der Waals surface area contributed by atoms with Gasteiger partial charge in [-0.1, -0.05) is 72.3 Å². The Hall–Kier alpha value is -3.86. The average molecular weight is 452 g/mol. The summed E-state index contributed by atoms with van der Waals surface area (Å²) >= 11 is 0. The first-order valence-electron chi connectivity index (χ1n) is 11.8. The molecule has 5 rings (SSSR count). The Morgan fingerprint density at radius 2 is 1.74 bits per heavy atom. The van der Waals surface area contributed by atoms with E-state index in [1.807, 2.05) is 49.2 Å². The highest BCUT2D eigenvalue weighted by molar-refractivity contribution is 6.00. The number of fused-ring (bicyclic) bond motifs is 1. The minimum absolute atomic E-state index is 0.0195. The first-order valence-corrected chi connectivity index (χ1v) is 11.8. The van der Waals surface area contributed by atoms with Crippen LogP contribution in [0.2, 0.25) is 0 Å². The number of ether oxygens (including phenoxy) is 1. The lowest BCUT2D eigenvalue weighted by Gasteiger charge is -2.27. The number of hydrogen-bond acceptors (Lipinski definition) is 3. The van der Waals surface area contributed by atoms with Crippen LogP contribution in [0.3, 0.4) is 0 Å². The summed E-state index contributed by atoms with van der Waals surface area (Å²) in [5, 5.41) is 4.81. The van der Waals surface area contributed by atoms with Crippen LogP contribution in [0.25, 0.3) is 11.3 Å². The molecular weight excluding hydrogens is 422 g/mol. The van der Waals surface area contributed by atoms with Gasteiger partial charge in [0.1, 0.15) is 11.4 Å². The molecule has 0 saturated heterocycles. The van der Waals surface area contributed by atoms with Gasteiger partial charge in [-0.05, 0) is 43.5 Å². The Labute approximate surface area is 200 Å². The number of carbonyl (C=O) groups is 1. The second-order valence-corrected chi connectivity index (χ2v) is 8.74. The highest BCUT2D eigenvalue weighted by Gasteiger charge is 2.43. The summed E-state index contributed by atoms with van der Waals surface area (Å²) in [6, 6.07) is 26.5. The third-order valence-corrected chi connectivity index (χ3v) is 6.43. The minimum atomic E-state index is -0.225. The molecule has 5 heteroatoms.